The van der Waals surface area contributed by atoms with Crippen molar-refractivity contribution < 1.29 is 9.90 Å². The zero-order valence-electron chi connectivity index (χ0n) is 37.2. The first-order chi connectivity index (χ1) is 30.6. The first-order valence-electron chi connectivity index (χ1n) is 23.8. The molecule has 62 heavy (non-hydrogen) atoms. The maximum absolute atomic E-state index is 11.7. The summed E-state index contributed by atoms with van der Waals surface area (Å²) in [5, 5.41) is 11.6. The van der Waals surface area contributed by atoms with E-state index in [4.69, 9.17) is 15.0 Å². The fraction of sp³-hybridized carbons (Fsp3) is 0.393. The summed E-state index contributed by atoms with van der Waals surface area (Å²) in [5.74, 6) is 0. The fourth-order valence-corrected chi connectivity index (χ4v) is 9.07. The van der Waals surface area contributed by atoms with E-state index in [-0.39, 0.29) is 0 Å². The van der Waals surface area contributed by atoms with Gasteiger partial charge in [-0.15, -0.1) is 0 Å². The van der Waals surface area contributed by atoms with E-state index >= 15 is 0 Å². The van der Waals surface area contributed by atoms with Crippen LogP contribution in [0.3, 0.4) is 0 Å². The summed E-state index contributed by atoms with van der Waals surface area (Å²) in [6.45, 7) is 4.55. The standard InChI is InChI=1S/C56H66N4O2/c1-3-5-7-9-11-13-15-17-19-21-45-47-31-35-51(57-47)55(43-27-23-41(39-61)24-28-43)53-37-33-49(59-53)46(22-20-18-16-14-12-10-8-6-4-2)50-34-38-54(60-50)56(52-36-32-48(45)58-52)44-29-25-42(40-62)26-30-44/h23-40,57,61H,3-22H2,1-2H3. The lowest BCUT2D eigenvalue weighted by molar-refractivity contribution is 0.112. The molecule has 0 radical (unpaired) electrons. The minimum absolute atomic E-state index is 0.641. The van der Waals surface area contributed by atoms with Crippen LogP contribution in [0.25, 0.3) is 23.0 Å². The highest BCUT2D eigenvalue weighted by molar-refractivity contribution is 6.33. The number of rotatable bonds is 22. The molecule has 0 saturated heterocycles. The summed E-state index contributed by atoms with van der Waals surface area (Å²) in [6.07, 6.45) is 39.5. The van der Waals surface area contributed by atoms with Gasteiger partial charge in [0.25, 0.3) is 0 Å². The first-order valence-corrected chi connectivity index (χ1v) is 23.8. The number of aliphatic hydroxyl groups excluding tert-OH is 1. The average molecular weight is 827 g/mol. The van der Waals surface area contributed by atoms with Gasteiger partial charge in [0.2, 0.25) is 0 Å². The fourth-order valence-electron chi connectivity index (χ4n) is 9.07. The number of carbonyl (C=O) groups is 1. The molecular weight excluding hydrogens is 761 g/mol. The number of aromatic nitrogens is 1. The van der Waals surface area contributed by atoms with Crippen LogP contribution in [0.2, 0.25) is 0 Å². The van der Waals surface area contributed by atoms with Crippen molar-refractivity contribution in [3.8, 4) is 0 Å². The molecule has 4 aliphatic heterocycles. The highest BCUT2D eigenvalue weighted by Gasteiger charge is 2.25. The van der Waals surface area contributed by atoms with Crippen LogP contribution in [-0.4, -0.2) is 33.5 Å². The van der Waals surface area contributed by atoms with E-state index in [1.807, 2.05) is 36.4 Å². The van der Waals surface area contributed by atoms with Crippen LogP contribution >= 0.6 is 0 Å². The third-order valence-electron chi connectivity index (χ3n) is 12.6. The van der Waals surface area contributed by atoms with Crippen LogP contribution < -0.4 is 10.4 Å². The highest BCUT2D eigenvalue weighted by atomic mass is 16.2. The topological polar surface area (TPSA) is 90.2 Å². The van der Waals surface area contributed by atoms with E-state index < -0.39 is 0 Å². The Morgan fingerprint density at radius 1 is 0.484 bits per heavy atom. The number of hydrogen-bond donors (Lipinski definition) is 2. The molecule has 322 valence electrons. The minimum Gasteiger partial charge on any atom is -0.515 e. The summed E-state index contributed by atoms with van der Waals surface area (Å²) >= 11 is 0. The van der Waals surface area contributed by atoms with E-state index in [2.05, 4.69) is 79.6 Å². The van der Waals surface area contributed by atoms with E-state index in [0.29, 0.717) is 5.56 Å². The minimum atomic E-state index is 0.641. The Bertz CT molecular complexity index is 2440. The van der Waals surface area contributed by atoms with Crippen molar-refractivity contribution in [2.45, 2.75) is 142 Å². The number of nitrogens with zero attached hydrogens (tertiary/aromatic N) is 3. The molecule has 6 nitrogen and oxygen atoms in total. The van der Waals surface area contributed by atoms with Crippen LogP contribution in [0.4, 0.5) is 0 Å². The molecule has 8 bridgehead atoms. The molecule has 2 N–H and O–H groups in total. The number of aliphatic hydroxyl groups is 1. The summed E-state index contributed by atoms with van der Waals surface area (Å²) < 4.78 is 0. The van der Waals surface area contributed by atoms with Gasteiger partial charge in [-0.05, 0) is 85.1 Å². The summed E-state index contributed by atoms with van der Waals surface area (Å²) in [5.41, 5.74) is 13.5. The number of aliphatic imine (C=N–C) groups is 3. The van der Waals surface area contributed by atoms with Gasteiger partial charge in [-0.25, -0.2) is 15.0 Å². The number of H-pyrrole nitrogens is 1. The van der Waals surface area contributed by atoms with Gasteiger partial charge in [0.15, 0.2) is 0 Å². The maximum atomic E-state index is 11.7. The number of aldehydes is 1. The van der Waals surface area contributed by atoms with Crippen molar-refractivity contribution in [2.75, 3.05) is 0 Å². The lowest BCUT2D eigenvalue weighted by atomic mass is 9.98. The number of aromatic amines is 1. The molecule has 0 unspecified atom stereocenters. The average Bonchev–Trinajstić information content (AvgIpc) is 4.16. The first kappa shape index (κ1) is 44.4. The maximum Gasteiger partial charge on any atom is 0.150 e. The second-order valence-electron chi connectivity index (χ2n) is 17.3. The predicted molar refractivity (Wildman–Crippen MR) is 262 cm³/mol. The van der Waals surface area contributed by atoms with Crippen molar-refractivity contribution >= 4 is 46.4 Å². The van der Waals surface area contributed by atoms with E-state index in [1.165, 1.54) is 108 Å². The number of fused-ring (bicyclic) bond motifs is 5. The molecule has 4 aliphatic rings. The molecule has 0 aliphatic carbocycles. The highest BCUT2D eigenvalue weighted by Crippen LogP contribution is 2.36. The number of carbonyl (C=O) groups excluding carboxylic acids is 1. The number of hydrogen-bond acceptors (Lipinski definition) is 5. The predicted octanol–water partition coefficient (Wildman–Crippen LogP) is 13.6. The van der Waals surface area contributed by atoms with Crippen molar-refractivity contribution in [3.05, 3.63) is 153 Å². The Labute approximate surface area is 369 Å². The summed E-state index contributed by atoms with van der Waals surface area (Å²) in [6, 6.07) is 20.2. The number of allylic oxidation sites excluding steroid dienone is 9. The molecule has 2 aromatic carbocycles. The zero-order valence-corrected chi connectivity index (χ0v) is 37.2. The van der Waals surface area contributed by atoms with E-state index in [1.54, 1.807) is 0 Å². The van der Waals surface area contributed by atoms with Gasteiger partial charge in [0, 0.05) is 44.5 Å². The second-order valence-corrected chi connectivity index (χ2v) is 17.3. The van der Waals surface area contributed by atoms with Crippen molar-refractivity contribution in [2.24, 2.45) is 15.0 Å². The third-order valence-corrected chi connectivity index (χ3v) is 12.6. The monoisotopic (exact) mass is 827 g/mol. The van der Waals surface area contributed by atoms with Crippen LogP contribution in [0.1, 0.15) is 170 Å². The van der Waals surface area contributed by atoms with Crippen LogP contribution in [0.15, 0.2) is 135 Å². The Hall–Kier alpha value is -5.62. The second kappa shape index (κ2) is 23.0. The summed E-state index contributed by atoms with van der Waals surface area (Å²) in [7, 11) is 0. The Morgan fingerprint density at radius 2 is 0.968 bits per heavy atom. The lowest BCUT2D eigenvalue weighted by Gasteiger charge is -2.12. The molecule has 0 fully saturated rings. The largest absolute Gasteiger partial charge is 0.515 e. The van der Waals surface area contributed by atoms with Gasteiger partial charge in [-0.1, -0.05) is 165 Å². The van der Waals surface area contributed by atoms with Crippen LogP contribution in [0, 0.1) is 0 Å². The zero-order chi connectivity index (χ0) is 42.9. The van der Waals surface area contributed by atoms with E-state index in [9.17, 15) is 9.90 Å². The molecule has 0 atom stereocenters. The van der Waals surface area contributed by atoms with Crippen LogP contribution in [-0.2, 0) is 0 Å². The molecule has 1 aromatic heterocycles. The molecule has 6 heteroatoms. The number of nitrogens with one attached hydrogen (secondary N) is 1. The molecule has 0 amide bonds. The molecule has 7 rings (SSSR count). The van der Waals surface area contributed by atoms with Gasteiger partial charge in [0.05, 0.1) is 40.5 Å². The number of unbranched alkanes of at least 4 members (excludes halogenated alkanes) is 16. The Morgan fingerprint density at radius 3 is 1.55 bits per heavy atom. The third kappa shape index (κ3) is 11.4. The van der Waals surface area contributed by atoms with E-state index in [0.717, 1.165) is 117 Å². The lowest BCUT2D eigenvalue weighted by Crippen LogP contribution is -2.16. The molecule has 3 aromatic rings. The Kier molecular flexibility index (Phi) is 16.5. The van der Waals surface area contributed by atoms with Crippen molar-refractivity contribution in [1.29, 1.82) is 0 Å². The number of benzene rings is 2. The smallest absolute Gasteiger partial charge is 0.150 e. The van der Waals surface area contributed by atoms with Gasteiger partial charge in [-0.2, -0.15) is 0 Å². The van der Waals surface area contributed by atoms with Crippen LogP contribution in [0.5, 0.6) is 0 Å². The van der Waals surface area contributed by atoms with Gasteiger partial charge in [-0.3, -0.25) is 4.79 Å². The molecular formula is C56H66N4O2. The normalized spacial score (nSPS) is 15.6. The Balaban J connectivity index is 1.30. The molecule has 5 heterocycles. The van der Waals surface area contributed by atoms with Crippen molar-refractivity contribution in [3.63, 3.8) is 0 Å². The molecule has 0 saturated carbocycles. The summed E-state index contributed by atoms with van der Waals surface area (Å²) in [4.78, 5) is 31.8. The van der Waals surface area contributed by atoms with Gasteiger partial charge in [0.1, 0.15) is 6.29 Å². The van der Waals surface area contributed by atoms with Gasteiger partial charge >= 0.3 is 0 Å². The SMILES string of the molecule is CCCCCCCCCCCC1=C2C=CC(=N2)C(=c2ccc(=CO)cc2)c2ccc([nH]2)C(CCCCCCCCCCC)=C2C=CC(=N2)C(c2ccc(C=O)cc2)=C2C=CC1=N2. The quantitative estimate of drug-likeness (QED) is 0.0780. The van der Waals surface area contributed by atoms with Gasteiger partial charge < -0.3 is 10.1 Å². The molecule has 0 spiro atoms. The van der Waals surface area contributed by atoms with Crippen molar-refractivity contribution in [1.82, 2.24) is 4.98 Å².